The molecule has 0 aliphatic carbocycles. The van der Waals surface area contributed by atoms with Crippen LogP contribution >= 0.6 is 0 Å². The van der Waals surface area contributed by atoms with Gasteiger partial charge in [0.15, 0.2) is 5.65 Å². The molecule has 0 saturated heterocycles. The van der Waals surface area contributed by atoms with Crippen LogP contribution in [0, 0.1) is 6.92 Å². The second kappa shape index (κ2) is 5.52. The third kappa shape index (κ3) is 2.72. The number of rotatable bonds is 4. The predicted molar refractivity (Wildman–Crippen MR) is 83.4 cm³/mol. The van der Waals surface area contributed by atoms with Crippen molar-refractivity contribution >= 4 is 11.5 Å². The maximum absolute atomic E-state index is 4.70. The lowest BCUT2D eigenvalue weighted by atomic mass is 10.1. The maximum Gasteiger partial charge on any atom is 0.160 e. The van der Waals surface area contributed by atoms with Gasteiger partial charge in [-0.3, -0.25) is 4.98 Å². The van der Waals surface area contributed by atoms with E-state index in [4.69, 9.17) is 4.98 Å². The molecule has 0 aliphatic heterocycles. The summed E-state index contributed by atoms with van der Waals surface area (Å²) in [6, 6.07) is 6.08. The molecule has 0 fully saturated rings. The predicted octanol–water partition coefficient (Wildman–Crippen LogP) is 3.17. The van der Waals surface area contributed by atoms with Crippen LogP contribution in [0.3, 0.4) is 0 Å². The van der Waals surface area contributed by atoms with Gasteiger partial charge < -0.3 is 5.32 Å². The Hall–Kier alpha value is -2.43. The second-order valence-electron chi connectivity index (χ2n) is 5.49. The Balaban J connectivity index is 1.96. The lowest BCUT2D eigenvalue weighted by molar-refractivity contribution is 0.808. The molecular formula is C16H19N5. The standard InChI is InChI=1S/C16H19N5/c1-11(2)14-8-15(18-10-13-4-6-17-7-5-13)21-16(20-14)12(3)9-19-21/h4-9,11,18H,10H2,1-3H3. The number of aryl methyl sites for hydroxylation is 1. The number of pyridine rings is 1. The van der Waals surface area contributed by atoms with Crippen LogP contribution in [0.25, 0.3) is 5.65 Å². The third-order valence-corrected chi connectivity index (χ3v) is 3.48. The van der Waals surface area contributed by atoms with E-state index in [2.05, 4.69) is 35.3 Å². The van der Waals surface area contributed by atoms with Crippen LogP contribution in [0.15, 0.2) is 36.8 Å². The fourth-order valence-corrected chi connectivity index (χ4v) is 2.21. The van der Waals surface area contributed by atoms with Gasteiger partial charge in [-0.2, -0.15) is 9.61 Å². The highest BCUT2D eigenvalue weighted by molar-refractivity contribution is 5.54. The molecule has 21 heavy (non-hydrogen) atoms. The fraction of sp³-hybridized carbons (Fsp3) is 0.312. The van der Waals surface area contributed by atoms with Crippen molar-refractivity contribution in [2.45, 2.75) is 33.2 Å². The quantitative estimate of drug-likeness (QED) is 0.798. The van der Waals surface area contributed by atoms with E-state index >= 15 is 0 Å². The molecule has 5 nitrogen and oxygen atoms in total. The molecule has 0 aliphatic rings. The van der Waals surface area contributed by atoms with Crippen LogP contribution < -0.4 is 5.32 Å². The molecule has 3 rings (SSSR count). The van der Waals surface area contributed by atoms with E-state index < -0.39 is 0 Å². The highest BCUT2D eigenvalue weighted by atomic mass is 15.3. The van der Waals surface area contributed by atoms with Gasteiger partial charge >= 0.3 is 0 Å². The number of aromatic nitrogens is 4. The second-order valence-corrected chi connectivity index (χ2v) is 5.49. The molecule has 0 spiro atoms. The van der Waals surface area contributed by atoms with Gasteiger partial charge in [-0.25, -0.2) is 4.98 Å². The van der Waals surface area contributed by atoms with E-state index in [-0.39, 0.29) is 0 Å². The Bertz CT molecular complexity index is 746. The summed E-state index contributed by atoms with van der Waals surface area (Å²) in [5.74, 6) is 1.35. The lowest BCUT2D eigenvalue weighted by Gasteiger charge is -2.12. The molecule has 0 atom stereocenters. The number of hydrogen-bond donors (Lipinski definition) is 1. The topological polar surface area (TPSA) is 55.1 Å². The van der Waals surface area contributed by atoms with Gasteiger partial charge in [-0.1, -0.05) is 13.8 Å². The summed E-state index contributed by atoms with van der Waals surface area (Å²) < 4.78 is 1.86. The van der Waals surface area contributed by atoms with E-state index in [1.54, 1.807) is 12.4 Å². The zero-order valence-electron chi connectivity index (χ0n) is 12.5. The van der Waals surface area contributed by atoms with Crippen LogP contribution in [0.5, 0.6) is 0 Å². The Morgan fingerprint density at radius 1 is 1.24 bits per heavy atom. The minimum absolute atomic E-state index is 0.380. The number of nitrogens with one attached hydrogen (secondary N) is 1. The average molecular weight is 281 g/mol. The normalized spacial score (nSPS) is 11.2. The molecule has 3 heterocycles. The van der Waals surface area contributed by atoms with Gasteiger partial charge in [0.1, 0.15) is 5.82 Å². The first kappa shape index (κ1) is 13.5. The number of nitrogens with zero attached hydrogens (tertiary/aromatic N) is 4. The van der Waals surface area contributed by atoms with Gasteiger partial charge in [0.25, 0.3) is 0 Å². The van der Waals surface area contributed by atoms with E-state index in [1.807, 2.05) is 29.8 Å². The van der Waals surface area contributed by atoms with E-state index in [0.29, 0.717) is 5.92 Å². The smallest absolute Gasteiger partial charge is 0.160 e. The largest absolute Gasteiger partial charge is 0.366 e. The van der Waals surface area contributed by atoms with E-state index in [1.165, 1.54) is 5.56 Å². The molecule has 0 amide bonds. The summed E-state index contributed by atoms with van der Waals surface area (Å²) in [6.45, 7) is 7.07. The molecule has 3 aromatic heterocycles. The summed E-state index contributed by atoms with van der Waals surface area (Å²) in [5, 5.41) is 7.86. The van der Waals surface area contributed by atoms with Crippen LogP contribution in [-0.4, -0.2) is 19.6 Å². The van der Waals surface area contributed by atoms with Crippen molar-refractivity contribution in [3.63, 3.8) is 0 Å². The van der Waals surface area contributed by atoms with Gasteiger partial charge in [-0.05, 0) is 30.5 Å². The number of fused-ring (bicyclic) bond motifs is 1. The minimum atomic E-state index is 0.380. The van der Waals surface area contributed by atoms with Gasteiger partial charge in [0.2, 0.25) is 0 Å². The first-order valence-corrected chi connectivity index (χ1v) is 7.13. The number of anilines is 1. The molecule has 0 aromatic carbocycles. The summed E-state index contributed by atoms with van der Waals surface area (Å²) in [7, 11) is 0. The molecule has 3 aromatic rings. The molecule has 0 saturated carbocycles. The summed E-state index contributed by atoms with van der Waals surface area (Å²) in [4.78, 5) is 8.74. The fourth-order valence-electron chi connectivity index (χ4n) is 2.21. The molecule has 5 heteroatoms. The average Bonchev–Trinajstić information content (AvgIpc) is 2.87. The molecule has 1 N–H and O–H groups in total. The van der Waals surface area contributed by atoms with Crippen LogP contribution in [0.1, 0.15) is 36.6 Å². The monoisotopic (exact) mass is 281 g/mol. The van der Waals surface area contributed by atoms with Crippen molar-refractivity contribution in [3.8, 4) is 0 Å². The Morgan fingerprint density at radius 3 is 2.71 bits per heavy atom. The summed E-state index contributed by atoms with van der Waals surface area (Å²) in [6.07, 6.45) is 5.46. The zero-order chi connectivity index (χ0) is 14.8. The van der Waals surface area contributed by atoms with Crippen molar-refractivity contribution in [2.24, 2.45) is 0 Å². The lowest BCUT2D eigenvalue weighted by Crippen LogP contribution is -2.08. The van der Waals surface area contributed by atoms with Crippen molar-refractivity contribution in [1.82, 2.24) is 19.6 Å². The van der Waals surface area contributed by atoms with Crippen molar-refractivity contribution < 1.29 is 0 Å². The van der Waals surface area contributed by atoms with Gasteiger partial charge in [0, 0.05) is 36.3 Å². The number of hydrogen-bond acceptors (Lipinski definition) is 4. The first-order chi connectivity index (χ1) is 10.1. The zero-order valence-corrected chi connectivity index (χ0v) is 12.5. The van der Waals surface area contributed by atoms with Crippen molar-refractivity contribution in [3.05, 3.63) is 53.6 Å². The third-order valence-electron chi connectivity index (χ3n) is 3.48. The molecular weight excluding hydrogens is 262 g/mol. The minimum Gasteiger partial charge on any atom is -0.366 e. The molecule has 0 bridgehead atoms. The van der Waals surface area contributed by atoms with Crippen molar-refractivity contribution in [1.29, 1.82) is 0 Å². The van der Waals surface area contributed by atoms with Crippen LogP contribution in [0.2, 0.25) is 0 Å². The van der Waals surface area contributed by atoms with E-state index in [0.717, 1.165) is 29.3 Å². The Kier molecular flexibility index (Phi) is 3.56. The van der Waals surface area contributed by atoms with Crippen LogP contribution in [-0.2, 0) is 6.54 Å². The van der Waals surface area contributed by atoms with Crippen LogP contribution in [0.4, 0.5) is 5.82 Å². The van der Waals surface area contributed by atoms with Gasteiger partial charge in [0.05, 0.1) is 6.20 Å². The molecule has 0 unspecified atom stereocenters. The molecule has 108 valence electrons. The molecule has 0 radical (unpaired) electrons. The Labute approximate surface area is 124 Å². The summed E-state index contributed by atoms with van der Waals surface area (Å²) >= 11 is 0. The van der Waals surface area contributed by atoms with E-state index in [9.17, 15) is 0 Å². The maximum atomic E-state index is 4.70. The Morgan fingerprint density at radius 2 is 2.00 bits per heavy atom. The van der Waals surface area contributed by atoms with Gasteiger partial charge in [-0.15, -0.1) is 0 Å². The van der Waals surface area contributed by atoms with Crippen molar-refractivity contribution in [2.75, 3.05) is 5.32 Å². The summed E-state index contributed by atoms with van der Waals surface area (Å²) in [5.41, 5.74) is 4.26. The highest BCUT2D eigenvalue weighted by Gasteiger charge is 2.11. The SMILES string of the molecule is Cc1cnn2c(NCc3ccncc3)cc(C(C)C)nc12. The first-order valence-electron chi connectivity index (χ1n) is 7.13. The highest BCUT2D eigenvalue weighted by Crippen LogP contribution is 2.21.